The van der Waals surface area contributed by atoms with Gasteiger partial charge in [-0.2, -0.15) is 0 Å². The topological polar surface area (TPSA) is 86.6 Å². The van der Waals surface area contributed by atoms with Crippen LogP contribution in [0.25, 0.3) is 0 Å². The molecule has 0 radical (unpaired) electrons. The van der Waals surface area contributed by atoms with Gasteiger partial charge in [-0.1, -0.05) is 26.3 Å². The quantitative estimate of drug-likeness (QED) is 0.470. The fourth-order valence-corrected chi connectivity index (χ4v) is 2.10. The van der Waals surface area contributed by atoms with Gasteiger partial charge in [-0.15, -0.1) is 0 Å². The lowest BCUT2D eigenvalue weighted by Gasteiger charge is -2.19. The van der Waals surface area contributed by atoms with Crippen LogP contribution in [-0.4, -0.2) is 27.9 Å². The highest BCUT2D eigenvalue weighted by atomic mass is 31.2. The third-order valence-electron chi connectivity index (χ3n) is 2.09. The summed E-state index contributed by atoms with van der Waals surface area (Å²) in [6, 6.07) is -0.481. The molecule has 0 saturated heterocycles. The smallest absolute Gasteiger partial charge is 0.327 e. The summed E-state index contributed by atoms with van der Waals surface area (Å²) in [6.45, 7) is 7.02. The number of hydrogen-bond acceptors (Lipinski definition) is 2. The maximum absolute atomic E-state index is 11.3. The molecule has 6 heteroatoms. The van der Waals surface area contributed by atoms with Crippen molar-refractivity contribution in [1.82, 2.24) is 5.32 Å². The van der Waals surface area contributed by atoms with Gasteiger partial charge in [-0.3, -0.25) is 9.36 Å². The van der Waals surface area contributed by atoms with E-state index < -0.39 is 13.6 Å². The number of hydrogen-bond donors (Lipinski definition) is 3. The standard InChI is InChI=1S/C10H20NO4P/c1-4-5-6-9(7-16(13,14)15)11-10(12)8(2)3/h9H,2,4-7H2,1,3H3,(H,11,12)(H2,13,14,15). The van der Waals surface area contributed by atoms with Crippen LogP contribution in [0.2, 0.25) is 0 Å². The third-order valence-corrected chi connectivity index (χ3v) is 3.00. The lowest BCUT2D eigenvalue weighted by molar-refractivity contribution is -0.118. The van der Waals surface area contributed by atoms with E-state index in [1.54, 1.807) is 6.92 Å². The molecule has 0 spiro atoms. The maximum atomic E-state index is 11.3. The van der Waals surface area contributed by atoms with E-state index in [9.17, 15) is 9.36 Å². The molecule has 0 aliphatic carbocycles. The zero-order valence-electron chi connectivity index (χ0n) is 9.77. The predicted molar refractivity (Wildman–Crippen MR) is 63.2 cm³/mol. The van der Waals surface area contributed by atoms with Crippen molar-refractivity contribution >= 4 is 13.5 Å². The molecule has 5 nitrogen and oxygen atoms in total. The molecule has 0 aromatic carbocycles. The molecule has 94 valence electrons. The Morgan fingerprint density at radius 3 is 2.44 bits per heavy atom. The van der Waals surface area contributed by atoms with Crippen molar-refractivity contribution in [3.63, 3.8) is 0 Å². The number of rotatable bonds is 7. The zero-order valence-corrected chi connectivity index (χ0v) is 10.7. The number of carbonyl (C=O) groups excluding carboxylic acids is 1. The Balaban J connectivity index is 4.37. The van der Waals surface area contributed by atoms with Crippen molar-refractivity contribution in [2.45, 2.75) is 39.2 Å². The van der Waals surface area contributed by atoms with Gasteiger partial charge in [0.1, 0.15) is 0 Å². The molecule has 1 amide bonds. The molecule has 0 fully saturated rings. The largest absolute Gasteiger partial charge is 0.349 e. The second-order valence-corrected chi connectivity index (χ2v) is 5.63. The van der Waals surface area contributed by atoms with E-state index >= 15 is 0 Å². The van der Waals surface area contributed by atoms with Crippen molar-refractivity contribution in [2.75, 3.05) is 6.16 Å². The Bertz CT molecular complexity index is 297. The van der Waals surface area contributed by atoms with E-state index in [2.05, 4.69) is 11.9 Å². The molecule has 1 atom stereocenters. The minimum Gasteiger partial charge on any atom is -0.349 e. The fourth-order valence-electron chi connectivity index (χ4n) is 1.26. The minimum atomic E-state index is -4.09. The first kappa shape index (κ1) is 15.4. The summed E-state index contributed by atoms with van der Waals surface area (Å²) in [7, 11) is -4.09. The first-order valence-electron chi connectivity index (χ1n) is 5.27. The SMILES string of the molecule is C=C(C)C(=O)NC(CCCC)CP(=O)(O)O. The number of amides is 1. The summed E-state index contributed by atoms with van der Waals surface area (Å²) < 4.78 is 10.9. The minimum absolute atomic E-state index is 0.313. The molecular weight excluding hydrogens is 229 g/mol. The third kappa shape index (κ3) is 7.63. The van der Waals surface area contributed by atoms with E-state index in [-0.39, 0.29) is 12.1 Å². The van der Waals surface area contributed by atoms with Crippen LogP contribution >= 0.6 is 7.60 Å². The summed E-state index contributed by atoms with van der Waals surface area (Å²) in [5, 5.41) is 2.58. The summed E-state index contributed by atoms with van der Waals surface area (Å²) in [5.41, 5.74) is 0.340. The summed E-state index contributed by atoms with van der Waals surface area (Å²) in [4.78, 5) is 29.1. The molecule has 16 heavy (non-hydrogen) atoms. The van der Waals surface area contributed by atoms with Gasteiger partial charge < -0.3 is 15.1 Å². The molecule has 0 bridgehead atoms. The highest BCUT2D eigenvalue weighted by Gasteiger charge is 2.22. The number of nitrogens with one attached hydrogen (secondary N) is 1. The monoisotopic (exact) mass is 249 g/mol. The van der Waals surface area contributed by atoms with Gasteiger partial charge in [-0.25, -0.2) is 0 Å². The molecule has 3 N–H and O–H groups in total. The average Bonchev–Trinajstić information content (AvgIpc) is 2.11. The van der Waals surface area contributed by atoms with E-state index in [0.29, 0.717) is 12.0 Å². The van der Waals surface area contributed by atoms with Crippen LogP contribution in [0.5, 0.6) is 0 Å². The van der Waals surface area contributed by atoms with Crippen molar-refractivity contribution in [3.05, 3.63) is 12.2 Å². The van der Waals surface area contributed by atoms with Gasteiger partial charge in [0.25, 0.3) is 0 Å². The van der Waals surface area contributed by atoms with E-state index in [0.717, 1.165) is 12.8 Å². The van der Waals surface area contributed by atoms with Crippen LogP contribution in [0.1, 0.15) is 33.1 Å². The molecule has 0 rings (SSSR count). The Morgan fingerprint density at radius 1 is 1.50 bits per heavy atom. The first-order valence-corrected chi connectivity index (χ1v) is 7.07. The highest BCUT2D eigenvalue weighted by molar-refractivity contribution is 7.51. The van der Waals surface area contributed by atoms with Crippen LogP contribution in [-0.2, 0) is 9.36 Å². The summed E-state index contributed by atoms with van der Waals surface area (Å²) >= 11 is 0. The van der Waals surface area contributed by atoms with Gasteiger partial charge in [0, 0.05) is 11.6 Å². The summed E-state index contributed by atoms with van der Waals surface area (Å²) in [6.07, 6.45) is 1.99. The Morgan fingerprint density at radius 2 is 2.06 bits per heavy atom. The van der Waals surface area contributed by atoms with Crippen LogP contribution in [0.3, 0.4) is 0 Å². The van der Waals surface area contributed by atoms with Gasteiger partial charge in [0.05, 0.1) is 6.16 Å². The number of unbranched alkanes of at least 4 members (excludes halogenated alkanes) is 1. The zero-order chi connectivity index (χ0) is 12.8. The van der Waals surface area contributed by atoms with Crippen LogP contribution < -0.4 is 5.32 Å². The van der Waals surface area contributed by atoms with Gasteiger partial charge >= 0.3 is 7.60 Å². The van der Waals surface area contributed by atoms with Crippen molar-refractivity contribution in [2.24, 2.45) is 0 Å². The summed E-state index contributed by atoms with van der Waals surface area (Å²) in [5.74, 6) is -0.352. The number of carbonyl (C=O) groups is 1. The first-order chi connectivity index (χ1) is 7.26. The second kappa shape index (κ2) is 6.84. The van der Waals surface area contributed by atoms with E-state index in [1.165, 1.54) is 0 Å². The van der Waals surface area contributed by atoms with Gasteiger partial charge in [0.2, 0.25) is 5.91 Å². The Labute approximate surface area is 96.1 Å². The van der Waals surface area contributed by atoms with E-state index in [4.69, 9.17) is 9.79 Å². The highest BCUT2D eigenvalue weighted by Crippen LogP contribution is 2.35. The molecule has 1 unspecified atom stereocenters. The Hall–Kier alpha value is -0.640. The van der Waals surface area contributed by atoms with Crippen LogP contribution in [0.4, 0.5) is 0 Å². The normalized spacial score (nSPS) is 13.2. The average molecular weight is 249 g/mol. The molecule has 0 heterocycles. The van der Waals surface area contributed by atoms with Crippen LogP contribution in [0, 0.1) is 0 Å². The predicted octanol–water partition coefficient (Wildman–Crippen LogP) is 1.42. The van der Waals surface area contributed by atoms with Crippen molar-refractivity contribution < 1.29 is 19.1 Å². The molecule has 0 saturated carbocycles. The molecule has 0 aliphatic rings. The molecule has 0 aromatic rings. The van der Waals surface area contributed by atoms with Crippen molar-refractivity contribution in [3.8, 4) is 0 Å². The molecule has 0 aromatic heterocycles. The van der Waals surface area contributed by atoms with Crippen molar-refractivity contribution in [1.29, 1.82) is 0 Å². The molecular formula is C10H20NO4P. The lowest BCUT2D eigenvalue weighted by Crippen LogP contribution is -2.37. The second-order valence-electron chi connectivity index (χ2n) is 3.94. The fraction of sp³-hybridized carbons (Fsp3) is 0.700. The Kier molecular flexibility index (Phi) is 6.56. The lowest BCUT2D eigenvalue weighted by atomic mass is 10.1. The van der Waals surface area contributed by atoms with Gasteiger partial charge in [0.15, 0.2) is 0 Å². The van der Waals surface area contributed by atoms with E-state index in [1.807, 2.05) is 6.92 Å². The van der Waals surface area contributed by atoms with Crippen LogP contribution in [0.15, 0.2) is 12.2 Å². The molecule has 0 aliphatic heterocycles. The van der Waals surface area contributed by atoms with Gasteiger partial charge in [-0.05, 0) is 13.3 Å². The maximum Gasteiger partial charge on any atom is 0.327 e.